The third-order valence-electron chi connectivity index (χ3n) is 2.58. The fourth-order valence-corrected chi connectivity index (χ4v) is 3.52. The standard InChI is InChI=1S/C13H25BrO2Si/c1-4-13(15)16-11-9-7-5-6-8-10-12-17(2,3)14/h4H,1,5-12H2,2-3H3. The lowest BCUT2D eigenvalue weighted by molar-refractivity contribution is -0.137. The highest BCUT2D eigenvalue weighted by Crippen LogP contribution is 2.21. The zero-order valence-corrected chi connectivity index (χ0v) is 13.7. The molecule has 0 aliphatic carbocycles. The Morgan fingerprint density at radius 3 is 2.24 bits per heavy atom. The lowest BCUT2D eigenvalue weighted by Gasteiger charge is -2.12. The maximum absolute atomic E-state index is 10.7. The van der Waals surface area contributed by atoms with Gasteiger partial charge in [-0.25, -0.2) is 4.79 Å². The van der Waals surface area contributed by atoms with Crippen LogP contribution in [0.3, 0.4) is 0 Å². The molecule has 0 N–H and O–H groups in total. The van der Waals surface area contributed by atoms with Crippen LogP contribution in [0.25, 0.3) is 0 Å². The minimum Gasteiger partial charge on any atom is -0.463 e. The number of halogens is 1. The largest absolute Gasteiger partial charge is 0.463 e. The van der Waals surface area contributed by atoms with Crippen LogP contribution < -0.4 is 0 Å². The van der Waals surface area contributed by atoms with Crippen molar-refractivity contribution in [3.05, 3.63) is 12.7 Å². The number of rotatable bonds is 10. The predicted molar refractivity (Wildman–Crippen MR) is 80.1 cm³/mol. The zero-order valence-electron chi connectivity index (χ0n) is 11.1. The van der Waals surface area contributed by atoms with Crippen LogP contribution >= 0.6 is 15.3 Å². The van der Waals surface area contributed by atoms with Crippen molar-refractivity contribution in [2.45, 2.75) is 57.7 Å². The van der Waals surface area contributed by atoms with Crippen molar-refractivity contribution in [1.82, 2.24) is 0 Å². The number of unbranched alkanes of at least 4 members (excludes halogenated alkanes) is 5. The van der Waals surface area contributed by atoms with Crippen LogP contribution in [0.2, 0.25) is 19.1 Å². The molecule has 0 amide bonds. The molecule has 0 atom stereocenters. The highest BCUT2D eigenvalue weighted by molar-refractivity contribution is 9.26. The van der Waals surface area contributed by atoms with Crippen LogP contribution in [0.5, 0.6) is 0 Å². The molecular weight excluding hydrogens is 296 g/mol. The van der Waals surface area contributed by atoms with Gasteiger partial charge < -0.3 is 4.74 Å². The molecule has 0 bridgehead atoms. The molecule has 0 radical (unpaired) electrons. The topological polar surface area (TPSA) is 26.3 Å². The maximum atomic E-state index is 10.7. The predicted octanol–water partition coefficient (Wildman–Crippen LogP) is 4.66. The van der Waals surface area contributed by atoms with Gasteiger partial charge in [0.15, 0.2) is 0 Å². The summed E-state index contributed by atoms with van der Waals surface area (Å²) in [5.74, 6) is -0.311. The van der Waals surface area contributed by atoms with E-state index in [9.17, 15) is 4.79 Å². The van der Waals surface area contributed by atoms with E-state index in [1.165, 1.54) is 37.8 Å². The van der Waals surface area contributed by atoms with Gasteiger partial charge in [0.05, 0.1) is 6.61 Å². The summed E-state index contributed by atoms with van der Waals surface area (Å²) in [7, 11) is 0. The number of ether oxygens (including phenoxy) is 1. The molecule has 0 saturated heterocycles. The van der Waals surface area contributed by atoms with Crippen molar-refractivity contribution in [2.75, 3.05) is 6.61 Å². The highest BCUT2D eigenvalue weighted by atomic mass is 79.9. The molecule has 0 saturated carbocycles. The van der Waals surface area contributed by atoms with Crippen molar-refractivity contribution < 1.29 is 9.53 Å². The number of hydrogen-bond donors (Lipinski definition) is 0. The Morgan fingerprint density at radius 1 is 1.18 bits per heavy atom. The van der Waals surface area contributed by atoms with Crippen molar-refractivity contribution in [1.29, 1.82) is 0 Å². The van der Waals surface area contributed by atoms with Gasteiger partial charge in [0.2, 0.25) is 0 Å². The fourth-order valence-electron chi connectivity index (χ4n) is 1.59. The van der Waals surface area contributed by atoms with Crippen molar-refractivity contribution in [3.63, 3.8) is 0 Å². The summed E-state index contributed by atoms with van der Waals surface area (Å²) >= 11 is 3.78. The first kappa shape index (κ1) is 16.9. The van der Waals surface area contributed by atoms with E-state index < -0.39 is 6.69 Å². The van der Waals surface area contributed by atoms with Crippen LogP contribution in [0, 0.1) is 0 Å². The van der Waals surface area contributed by atoms with E-state index in [4.69, 9.17) is 4.74 Å². The van der Waals surface area contributed by atoms with E-state index in [0.29, 0.717) is 6.61 Å². The zero-order chi connectivity index (χ0) is 13.1. The van der Waals surface area contributed by atoms with Gasteiger partial charge in [0, 0.05) is 6.08 Å². The molecule has 17 heavy (non-hydrogen) atoms. The number of carbonyl (C=O) groups is 1. The summed E-state index contributed by atoms with van der Waals surface area (Å²) in [6.07, 6.45) is 8.55. The summed E-state index contributed by atoms with van der Waals surface area (Å²) in [6, 6.07) is 1.37. The Kier molecular flexibility index (Phi) is 9.83. The van der Waals surface area contributed by atoms with E-state index in [-0.39, 0.29) is 5.97 Å². The molecule has 0 fully saturated rings. The first-order chi connectivity index (χ1) is 7.95. The SMILES string of the molecule is C=CC(=O)OCCCCCCCC[Si](C)(C)Br. The van der Waals surface area contributed by atoms with Crippen LogP contribution in [0.15, 0.2) is 12.7 Å². The fraction of sp³-hybridized carbons (Fsp3) is 0.769. The third-order valence-corrected chi connectivity index (χ3v) is 5.31. The molecule has 2 nitrogen and oxygen atoms in total. The molecule has 100 valence electrons. The molecule has 0 rings (SSSR count). The van der Waals surface area contributed by atoms with Crippen LogP contribution in [-0.4, -0.2) is 19.3 Å². The molecule has 0 heterocycles. The van der Waals surface area contributed by atoms with Gasteiger partial charge >= 0.3 is 5.97 Å². The van der Waals surface area contributed by atoms with E-state index in [1.807, 2.05) is 0 Å². The molecule has 0 aliphatic rings. The molecule has 0 aromatic carbocycles. The van der Waals surface area contributed by atoms with Gasteiger partial charge in [-0.05, 0) is 12.5 Å². The first-order valence-corrected chi connectivity index (χ1v) is 11.9. The average Bonchev–Trinajstić information content (AvgIpc) is 2.25. The van der Waals surface area contributed by atoms with Gasteiger partial charge in [0.25, 0.3) is 0 Å². The Balaban J connectivity index is 3.14. The molecule has 0 aliphatic heterocycles. The summed E-state index contributed by atoms with van der Waals surface area (Å²) in [6.45, 7) is 7.57. The highest BCUT2D eigenvalue weighted by Gasteiger charge is 2.14. The van der Waals surface area contributed by atoms with Gasteiger partial charge in [0.1, 0.15) is 6.69 Å². The van der Waals surface area contributed by atoms with Gasteiger partial charge in [-0.15, -0.1) is 15.3 Å². The molecule has 0 aromatic heterocycles. The summed E-state index contributed by atoms with van der Waals surface area (Å²) in [4.78, 5) is 10.7. The summed E-state index contributed by atoms with van der Waals surface area (Å²) in [5, 5.41) is 0. The minimum atomic E-state index is -1.01. The normalized spacial score (nSPS) is 11.2. The van der Waals surface area contributed by atoms with Gasteiger partial charge in [-0.3, -0.25) is 0 Å². The number of esters is 1. The lowest BCUT2D eigenvalue weighted by Crippen LogP contribution is -2.13. The number of hydrogen-bond acceptors (Lipinski definition) is 2. The smallest absolute Gasteiger partial charge is 0.330 e. The minimum absolute atomic E-state index is 0.311. The quantitative estimate of drug-likeness (QED) is 0.192. The van der Waals surface area contributed by atoms with Crippen LogP contribution in [-0.2, 0) is 9.53 Å². The second-order valence-electron chi connectivity index (χ2n) is 4.96. The summed E-state index contributed by atoms with van der Waals surface area (Å²) in [5.41, 5.74) is 0. The van der Waals surface area contributed by atoms with Crippen LogP contribution in [0.1, 0.15) is 38.5 Å². The van der Waals surface area contributed by atoms with Crippen LogP contribution in [0.4, 0.5) is 0 Å². The molecular formula is C13H25BrO2Si. The summed E-state index contributed by atoms with van der Waals surface area (Å²) < 4.78 is 4.91. The van der Waals surface area contributed by atoms with E-state index in [0.717, 1.165) is 12.8 Å². The Hall–Kier alpha value is -0.0931. The Bertz CT molecular complexity index is 224. The molecule has 0 aromatic rings. The lowest BCUT2D eigenvalue weighted by atomic mass is 10.1. The van der Waals surface area contributed by atoms with E-state index in [2.05, 4.69) is 35.0 Å². The van der Waals surface area contributed by atoms with Crippen molar-refractivity contribution in [3.8, 4) is 0 Å². The van der Waals surface area contributed by atoms with Gasteiger partial charge in [-0.2, -0.15) is 0 Å². The Morgan fingerprint density at radius 2 is 1.71 bits per heavy atom. The maximum Gasteiger partial charge on any atom is 0.330 e. The number of carbonyl (C=O) groups excluding carboxylic acids is 1. The average molecular weight is 321 g/mol. The molecule has 4 heteroatoms. The third kappa shape index (κ3) is 13.8. The van der Waals surface area contributed by atoms with Crippen molar-refractivity contribution >= 4 is 28.0 Å². The van der Waals surface area contributed by atoms with E-state index >= 15 is 0 Å². The monoisotopic (exact) mass is 320 g/mol. The van der Waals surface area contributed by atoms with Crippen molar-refractivity contribution in [2.24, 2.45) is 0 Å². The first-order valence-electron chi connectivity index (χ1n) is 6.44. The Labute approximate surface area is 114 Å². The second-order valence-corrected chi connectivity index (χ2v) is 15.3. The molecule has 0 spiro atoms. The van der Waals surface area contributed by atoms with E-state index in [1.54, 1.807) is 0 Å². The van der Waals surface area contributed by atoms with Gasteiger partial charge in [-0.1, -0.05) is 51.8 Å². The molecule has 0 unspecified atom stereocenters. The second kappa shape index (κ2) is 9.89.